The number of carbonyl (C=O) groups excluding carboxylic acids is 1. The van der Waals surface area contributed by atoms with Gasteiger partial charge < -0.3 is 9.64 Å². The summed E-state index contributed by atoms with van der Waals surface area (Å²) < 4.78 is 5.25. The Bertz CT molecular complexity index is 411. The fraction of sp³-hybridized carbons (Fsp3) is 0.562. The van der Waals surface area contributed by atoms with Crippen molar-refractivity contribution < 1.29 is 9.53 Å². The number of ether oxygens (including phenoxy) is 1. The molecule has 0 aliphatic carbocycles. The molecular weight excluding hydrogens is 238 g/mol. The van der Waals surface area contributed by atoms with Crippen molar-refractivity contribution in [2.75, 3.05) is 24.6 Å². The molecule has 0 aromatic heterocycles. The monoisotopic (exact) mass is 261 g/mol. The molecule has 19 heavy (non-hydrogen) atoms. The highest BCUT2D eigenvalue weighted by Gasteiger charge is 2.13. The Kier molecular flexibility index (Phi) is 5.25. The van der Waals surface area contributed by atoms with Gasteiger partial charge in [-0.05, 0) is 43.9 Å². The quantitative estimate of drug-likeness (QED) is 0.598. The van der Waals surface area contributed by atoms with Crippen molar-refractivity contribution in [3.05, 3.63) is 29.8 Å². The van der Waals surface area contributed by atoms with Crippen LogP contribution in [-0.2, 0) is 4.74 Å². The maximum atomic E-state index is 11.9. The minimum absolute atomic E-state index is 0.202. The Morgan fingerprint density at radius 2 is 2.05 bits per heavy atom. The maximum Gasteiger partial charge on any atom is 0.338 e. The molecular formula is C16H23NO2. The molecule has 1 aromatic rings. The molecule has 0 amide bonds. The lowest BCUT2D eigenvalue weighted by Gasteiger charge is -2.29. The van der Waals surface area contributed by atoms with E-state index < -0.39 is 0 Å². The Morgan fingerprint density at radius 3 is 2.79 bits per heavy atom. The van der Waals surface area contributed by atoms with Gasteiger partial charge in [0.25, 0.3) is 0 Å². The van der Waals surface area contributed by atoms with E-state index in [1.807, 2.05) is 18.2 Å². The molecule has 3 heteroatoms. The number of carbonyl (C=O) groups is 1. The Labute approximate surface area is 115 Å². The fourth-order valence-corrected chi connectivity index (χ4v) is 2.37. The van der Waals surface area contributed by atoms with E-state index >= 15 is 0 Å². The first-order chi connectivity index (χ1) is 9.31. The van der Waals surface area contributed by atoms with Crippen molar-refractivity contribution in [3.63, 3.8) is 0 Å². The average Bonchev–Trinajstić information content (AvgIpc) is 2.48. The lowest BCUT2D eigenvalue weighted by atomic mass is 10.1. The third-order valence-electron chi connectivity index (χ3n) is 3.53. The summed E-state index contributed by atoms with van der Waals surface area (Å²) in [6.07, 6.45) is 5.77. The zero-order chi connectivity index (χ0) is 13.5. The van der Waals surface area contributed by atoms with Gasteiger partial charge in [-0.2, -0.15) is 0 Å². The molecule has 0 N–H and O–H groups in total. The SMILES string of the molecule is CCCCOC(=O)c1cccc(N2CCCCC2)c1. The number of piperidine rings is 1. The van der Waals surface area contributed by atoms with Crippen molar-refractivity contribution in [2.24, 2.45) is 0 Å². The summed E-state index contributed by atoms with van der Waals surface area (Å²) in [6.45, 7) is 4.79. The topological polar surface area (TPSA) is 29.5 Å². The zero-order valence-corrected chi connectivity index (χ0v) is 11.7. The number of hydrogen-bond donors (Lipinski definition) is 0. The van der Waals surface area contributed by atoms with Crippen LogP contribution in [0.4, 0.5) is 5.69 Å². The highest BCUT2D eigenvalue weighted by molar-refractivity contribution is 5.90. The standard InChI is InChI=1S/C16H23NO2/c1-2-3-12-19-16(18)14-8-7-9-15(13-14)17-10-5-4-6-11-17/h7-9,13H,2-6,10-12H2,1H3. The lowest BCUT2D eigenvalue weighted by Crippen LogP contribution is -2.29. The van der Waals surface area contributed by atoms with E-state index in [4.69, 9.17) is 4.74 Å². The van der Waals surface area contributed by atoms with Gasteiger partial charge in [0.15, 0.2) is 0 Å². The van der Waals surface area contributed by atoms with Gasteiger partial charge in [0.05, 0.1) is 12.2 Å². The molecule has 0 saturated carbocycles. The first kappa shape index (κ1) is 13.9. The smallest absolute Gasteiger partial charge is 0.338 e. The second kappa shape index (κ2) is 7.17. The third kappa shape index (κ3) is 3.98. The molecule has 3 nitrogen and oxygen atoms in total. The molecule has 1 aromatic carbocycles. The van der Waals surface area contributed by atoms with Gasteiger partial charge in [-0.1, -0.05) is 19.4 Å². The highest BCUT2D eigenvalue weighted by Crippen LogP contribution is 2.21. The van der Waals surface area contributed by atoms with E-state index in [1.54, 1.807) is 0 Å². The largest absolute Gasteiger partial charge is 0.462 e. The maximum absolute atomic E-state index is 11.9. The van der Waals surface area contributed by atoms with E-state index in [9.17, 15) is 4.79 Å². The molecule has 104 valence electrons. The van der Waals surface area contributed by atoms with Gasteiger partial charge in [0.2, 0.25) is 0 Å². The summed E-state index contributed by atoms with van der Waals surface area (Å²) in [5, 5.41) is 0. The Balaban J connectivity index is 1.99. The van der Waals surface area contributed by atoms with Gasteiger partial charge >= 0.3 is 5.97 Å². The molecule has 1 aliphatic rings. The zero-order valence-electron chi connectivity index (χ0n) is 11.7. The van der Waals surface area contributed by atoms with Crippen LogP contribution in [-0.4, -0.2) is 25.7 Å². The molecule has 1 fully saturated rings. The average molecular weight is 261 g/mol. The number of esters is 1. The number of unbranched alkanes of at least 4 members (excludes halogenated alkanes) is 1. The summed E-state index contributed by atoms with van der Waals surface area (Å²) in [5.74, 6) is -0.202. The van der Waals surface area contributed by atoms with Crippen molar-refractivity contribution in [1.29, 1.82) is 0 Å². The predicted octanol–water partition coefficient (Wildman–Crippen LogP) is 3.63. The lowest BCUT2D eigenvalue weighted by molar-refractivity contribution is 0.0500. The first-order valence-corrected chi connectivity index (χ1v) is 7.33. The van der Waals surface area contributed by atoms with Crippen molar-refractivity contribution in [3.8, 4) is 0 Å². The van der Waals surface area contributed by atoms with Crippen LogP contribution >= 0.6 is 0 Å². The summed E-state index contributed by atoms with van der Waals surface area (Å²) in [4.78, 5) is 14.3. The predicted molar refractivity (Wildman–Crippen MR) is 77.7 cm³/mol. The number of rotatable bonds is 5. The third-order valence-corrected chi connectivity index (χ3v) is 3.53. The van der Waals surface area contributed by atoms with Crippen molar-refractivity contribution in [1.82, 2.24) is 0 Å². The summed E-state index contributed by atoms with van der Waals surface area (Å²) in [6, 6.07) is 7.82. The second-order valence-corrected chi connectivity index (χ2v) is 5.09. The highest BCUT2D eigenvalue weighted by atomic mass is 16.5. The molecule has 0 bridgehead atoms. The molecule has 1 heterocycles. The van der Waals surface area contributed by atoms with Crippen LogP contribution in [0.15, 0.2) is 24.3 Å². The van der Waals surface area contributed by atoms with E-state index in [0.717, 1.165) is 31.6 Å². The molecule has 1 aliphatic heterocycles. The van der Waals surface area contributed by atoms with Crippen LogP contribution in [0, 0.1) is 0 Å². The molecule has 0 atom stereocenters. The van der Waals surface area contributed by atoms with Crippen molar-refractivity contribution in [2.45, 2.75) is 39.0 Å². The van der Waals surface area contributed by atoms with Crippen LogP contribution in [0.3, 0.4) is 0 Å². The number of nitrogens with zero attached hydrogens (tertiary/aromatic N) is 1. The van der Waals surface area contributed by atoms with Gasteiger partial charge in [-0.25, -0.2) is 4.79 Å². The van der Waals surface area contributed by atoms with Crippen LogP contribution in [0.2, 0.25) is 0 Å². The minimum Gasteiger partial charge on any atom is -0.462 e. The van der Waals surface area contributed by atoms with Crippen LogP contribution in [0.5, 0.6) is 0 Å². The Hall–Kier alpha value is -1.51. The van der Waals surface area contributed by atoms with Gasteiger partial charge in [-0.15, -0.1) is 0 Å². The number of benzene rings is 1. The van der Waals surface area contributed by atoms with E-state index in [1.165, 1.54) is 19.3 Å². The number of hydrogen-bond acceptors (Lipinski definition) is 3. The van der Waals surface area contributed by atoms with Gasteiger partial charge in [-0.3, -0.25) is 0 Å². The van der Waals surface area contributed by atoms with Gasteiger partial charge in [0.1, 0.15) is 0 Å². The first-order valence-electron chi connectivity index (χ1n) is 7.33. The van der Waals surface area contributed by atoms with Gasteiger partial charge in [0, 0.05) is 18.8 Å². The second-order valence-electron chi connectivity index (χ2n) is 5.09. The fourth-order valence-electron chi connectivity index (χ4n) is 2.37. The molecule has 0 radical (unpaired) electrons. The summed E-state index contributed by atoms with van der Waals surface area (Å²) >= 11 is 0. The summed E-state index contributed by atoms with van der Waals surface area (Å²) in [5.41, 5.74) is 1.81. The van der Waals surface area contributed by atoms with Crippen LogP contribution in [0.25, 0.3) is 0 Å². The van der Waals surface area contributed by atoms with E-state index in [0.29, 0.717) is 12.2 Å². The normalized spacial score (nSPS) is 15.3. The molecule has 1 saturated heterocycles. The minimum atomic E-state index is -0.202. The molecule has 0 unspecified atom stereocenters. The van der Waals surface area contributed by atoms with Crippen molar-refractivity contribution >= 4 is 11.7 Å². The van der Waals surface area contributed by atoms with Crippen LogP contribution < -0.4 is 4.90 Å². The van der Waals surface area contributed by atoms with E-state index in [2.05, 4.69) is 17.9 Å². The van der Waals surface area contributed by atoms with E-state index in [-0.39, 0.29) is 5.97 Å². The summed E-state index contributed by atoms with van der Waals surface area (Å²) in [7, 11) is 0. The molecule has 0 spiro atoms. The molecule has 2 rings (SSSR count). The Morgan fingerprint density at radius 1 is 1.26 bits per heavy atom. The number of anilines is 1. The van der Waals surface area contributed by atoms with Crippen LogP contribution in [0.1, 0.15) is 49.4 Å².